The molecule has 0 aliphatic heterocycles. The van der Waals surface area contributed by atoms with Crippen LogP contribution < -0.4 is 9.47 Å². The Bertz CT molecular complexity index is 782. The number of rotatable bonds is 6. The summed E-state index contributed by atoms with van der Waals surface area (Å²) in [6.45, 7) is 10.6. The highest BCUT2D eigenvalue weighted by molar-refractivity contribution is 5.98. The highest BCUT2D eigenvalue weighted by Crippen LogP contribution is 2.40. The third-order valence-corrected chi connectivity index (χ3v) is 3.67. The van der Waals surface area contributed by atoms with Gasteiger partial charge in [0.25, 0.3) is 0 Å². The summed E-state index contributed by atoms with van der Waals surface area (Å²) in [6, 6.07) is 7.11. The fourth-order valence-corrected chi connectivity index (χ4v) is 2.37. The van der Waals surface area contributed by atoms with E-state index in [2.05, 4.69) is 13.2 Å². The first-order chi connectivity index (χ1) is 12.5. The molecule has 2 aromatic rings. The molecule has 0 bridgehead atoms. The molecular formula is C20H20O6. The Balaban J connectivity index is 2.47. The van der Waals surface area contributed by atoms with Crippen LogP contribution in [0.25, 0.3) is 10.8 Å². The number of benzene rings is 2. The second-order valence-corrected chi connectivity index (χ2v) is 5.36. The summed E-state index contributed by atoms with van der Waals surface area (Å²) in [5.74, 6) is 0.693. The minimum absolute atomic E-state index is 0.0468. The van der Waals surface area contributed by atoms with Crippen LogP contribution in [0.1, 0.15) is 11.1 Å². The van der Waals surface area contributed by atoms with Crippen molar-refractivity contribution in [2.24, 2.45) is 0 Å². The van der Waals surface area contributed by atoms with Crippen molar-refractivity contribution in [2.45, 2.75) is 13.8 Å². The molecule has 6 nitrogen and oxygen atoms in total. The van der Waals surface area contributed by atoms with Crippen LogP contribution in [0.3, 0.4) is 0 Å². The molecule has 0 atom stereocenters. The molecule has 0 fully saturated rings. The Morgan fingerprint density at radius 2 is 1.23 bits per heavy atom. The lowest BCUT2D eigenvalue weighted by Gasteiger charge is -2.17. The maximum atomic E-state index is 11.9. The molecule has 6 heteroatoms. The van der Waals surface area contributed by atoms with E-state index in [0.29, 0.717) is 33.4 Å². The molecule has 0 aromatic heterocycles. The maximum Gasteiger partial charge on any atom is 0.514 e. The van der Waals surface area contributed by atoms with E-state index in [1.807, 2.05) is 0 Å². The highest BCUT2D eigenvalue weighted by atomic mass is 16.7. The van der Waals surface area contributed by atoms with Gasteiger partial charge in [-0.05, 0) is 25.0 Å². The van der Waals surface area contributed by atoms with Crippen molar-refractivity contribution in [1.29, 1.82) is 0 Å². The van der Waals surface area contributed by atoms with E-state index in [1.165, 1.54) is 12.2 Å². The molecule has 0 N–H and O–H groups in total. The van der Waals surface area contributed by atoms with Crippen LogP contribution in [-0.2, 0) is 9.47 Å². The Kier molecular flexibility index (Phi) is 6.38. The van der Waals surface area contributed by atoms with Crippen molar-refractivity contribution in [1.82, 2.24) is 0 Å². The number of hydrogen-bond donors (Lipinski definition) is 0. The number of ether oxygens (including phenoxy) is 4. The van der Waals surface area contributed by atoms with Gasteiger partial charge in [0.05, 0.1) is 0 Å². The van der Waals surface area contributed by atoms with Gasteiger partial charge < -0.3 is 18.9 Å². The van der Waals surface area contributed by atoms with Crippen molar-refractivity contribution in [3.05, 3.63) is 60.7 Å². The molecule has 0 aliphatic rings. The van der Waals surface area contributed by atoms with Crippen LogP contribution in [0.2, 0.25) is 0 Å². The molecule has 2 aromatic carbocycles. The minimum atomic E-state index is -0.836. The van der Waals surface area contributed by atoms with Gasteiger partial charge in [-0.1, -0.05) is 49.6 Å². The number of carbonyl (C=O) groups excluding carboxylic acids is 2. The lowest BCUT2D eigenvalue weighted by molar-refractivity contribution is 0.107. The molecule has 2 rings (SSSR count). The molecule has 0 unspecified atom stereocenters. The summed E-state index contributed by atoms with van der Waals surface area (Å²) in [5, 5.41) is 1.22. The molecular weight excluding hydrogens is 336 g/mol. The zero-order valence-electron chi connectivity index (χ0n) is 14.7. The van der Waals surface area contributed by atoms with Crippen molar-refractivity contribution in [3.63, 3.8) is 0 Å². The first kappa shape index (κ1) is 19.1. The van der Waals surface area contributed by atoms with Gasteiger partial charge in [0.15, 0.2) is 0 Å². The predicted molar refractivity (Wildman–Crippen MR) is 97.8 cm³/mol. The average Bonchev–Trinajstić information content (AvgIpc) is 2.65. The van der Waals surface area contributed by atoms with Gasteiger partial charge in [-0.3, -0.25) is 0 Å². The van der Waals surface area contributed by atoms with Gasteiger partial charge in [-0.15, -0.1) is 0 Å². The van der Waals surface area contributed by atoms with Gasteiger partial charge >= 0.3 is 12.3 Å². The topological polar surface area (TPSA) is 71.1 Å². The lowest BCUT2D eigenvalue weighted by atomic mass is 9.99. The summed E-state index contributed by atoms with van der Waals surface area (Å²) in [6.07, 6.45) is 1.22. The molecule has 136 valence electrons. The Morgan fingerprint density at radius 3 is 1.58 bits per heavy atom. The zero-order chi connectivity index (χ0) is 19.1. The lowest BCUT2D eigenvalue weighted by Crippen LogP contribution is -2.14. The van der Waals surface area contributed by atoms with Crippen molar-refractivity contribution >= 4 is 23.1 Å². The van der Waals surface area contributed by atoms with Crippen LogP contribution in [-0.4, -0.2) is 25.5 Å². The first-order valence-corrected chi connectivity index (χ1v) is 7.92. The molecule has 0 spiro atoms. The maximum absolute atomic E-state index is 11.9. The molecule has 26 heavy (non-hydrogen) atoms. The van der Waals surface area contributed by atoms with Crippen LogP contribution >= 0.6 is 0 Å². The summed E-state index contributed by atoms with van der Waals surface area (Å²) < 4.78 is 20.5. The summed E-state index contributed by atoms with van der Waals surface area (Å²) in [4.78, 5) is 23.7. The predicted octanol–water partition coefficient (Wildman–Crippen LogP) is 4.86. The summed E-state index contributed by atoms with van der Waals surface area (Å²) >= 11 is 0. The number of carbonyl (C=O) groups is 2. The molecule has 0 radical (unpaired) electrons. The highest BCUT2D eigenvalue weighted by Gasteiger charge is 2.21. The van der Waals surface area contributed by atoms with E-state index >= 15 is 0 Å². The second-order valence-electron chi connectivity index (χ2n) is 5.36. The minimum Gasteiger partial charge on any atom is -0.430 e. The fraction of sp³-hybridized carbons (Fsp3) is 0.200. The quantitative estimate of drug-likeness (QED) is 0.418. The molecule has 0 saturated heterocycles. The third-order valence-electron chi connectivity index (χ3n) is 3.67. The van der Waals surface area contributed by atoms with E-state index in [9.17, 15) is 9.59 Å². The van der Waals surface area contributed by atoms with E-state index in [-0.39, 0.29) is 13.2 Å². The van der Waals surface area contributed by atoms with Crippen molar-refractivity contribution < 1.29 is 28.5 Å². The fourth-order valence-electron chi connectivity index (χ4n) is 2.37. The van der Waals surface area contributed by atoms with Crippen molar-refractivity contribution in [3.8, 4) is 11.5 Å². The second kappa shape index (κ2) is 8.71. The third kappa shape index (κ3) is 4.22. The van der Waals surface area contributed by atoms with Gasteiger partial charge in [0.1, 0.15) is 24.7 Å². The molecule has 0 aliphatic carbocycles. The number of fused-ring (bicyclic) bond motifs is 1. The Labute approximate surface area is 151 Å². The normalized spacial score (nSPS) is 10.1. The summed E-state index contributed by atoms with van der Waals surface area (Å²) in [5.41, 5.74) is 1.29. The summed E-state index contributed by atoms with van der Waals surface area (Å²) in [7, 11) is 0. The van der Waals surface area contributed by atoms with Crippen LogP contribution in [0.15, 0.2) is 49.6 Å². The monoisotopic (exact) mass is 356 g/mol. The van der Waals surface area contributed by atoms with E-state index in [1.54, 1.807) is 38.1 Å². The molecule has 0 saturated carbocycles. The molecule has 0 heterocycles. The Morgan fingerprint density at radius 1 is 0.846 bits per heavy atom. The average molecular weight is 356 g/mol. The van der Waals surface area contributed by atoms with Gasteiger partial charge in [-0.25, -0.2) is 9.59 Å². The molecule has 0 amide bonds. The van der Waals surface area contributed by atoms with Crippen LogP contribution in [0.5, 0.6) is 11.5 Å². The standard InChI is InChI=1S/C20H20O6/c1-5-11-23-19(21)25-17-13(3)14(4)18(26-20(22)24-12-6-2)16-10-8-7-9-15(16)17/h5-10H,1-2,11-12H2,3-4H3. The van der Waals surface area contributed by atoms with E-state index < -0.39 is 12.3 Å². The van der Waals surface area contributed by atoms with Gasteiger partial charge in [0, 0.05) is 10.8 Å². The smallest absolute Gasteiger partial charge is 0.430 e. The zero-order valence-corrected chi connectivity index (χ0v) is 14.7. The first-order valence-electron chi connectivity index (χ1n) is 7.92. The van der Waals surface area contributed by atoms with Crippen molar-refractivity contribution in [2.75, 3.05) is 13.2 Å². The largest absolute Gasteiger partial charge is 0.514 e. The van der Waals surface area contributed by atoms with Crippen LogP contribution in [0, 0.1) is 13.8 Å². The SMILES string of the molecule is C=CCOC(=O)Oc1c(C)c(C)c(OC(=O)OCC=C)c2ccccc12. The van der Waals surface area contributed by atoms with E-state index in [0.717, 1.165) is 0 Å². The van der Waals surface area contributed by atoms with Crippen LogP contribution in [0.4, 0.5) is 9.59 Å². The Hall–Kier alpha value is -3.28. The van der Waals surface area contributed by atoms with Gasteiger partial charge in [-0.2, -0.15) is 0 Å². The number of hydrogen-bond acceptors (Lipinski definition) is 6. The van der Waals surface area contributed by atoms with E-state index in [4.69, 9.17) is 18.9 Å². The van der Waals surface area contributed by atoms with Gasteiger partial charge in [0.2, 0.25) is 0 Å².